The van der Waals surface area contributed by atoms with Crippen LogP contribution in [0.4, 0.5) is 17.2 Å². The lowest BCUT2D eigenvalue weighted by Crippen LogP contribution is -2.00. The quantitative estimate of drug-likeness (QED) is 0.837. The first-order chi connectivity index (χ1) is 9.12. The summed E-state index contributed by atoms with van der Waals surface area (Å²) in [5.41, 5.74) is 6.90. The molecule has 1 aromatic carbocycles. The lowest BCUT2D eigenvalue weighted by Gasteiger charge is -2.10. The van der Waals surface area contributed by atoms with E-state index in [9.17, 15) is 0 Å². The van der Waals surface area contributed by atoms with Crippen LogP contribution in [0.25, 0.3) is 0 Å². The Kier molecular flexibility index (Phi) is 3.91. The highest BCUT2D eigenvalue weighted by Gasteiger charge is 2.07. The fourth-order valence-electron chi connectivity index (χ4n) is 1.43. The summed E-state index contributed by atoms with van der Waals surface area (Å²) < 4.78 is 10.0. The summed E-state index contributed by atoms with van der Waals surface area (Å²) in [4.78, 5) is 8.14. The standard InChI is InChI=1S/C12H13ClN4O2/c1-18-11-6-10(16-12(17-11)19-2)15-9-4-3-7(14)5-8(9)13/h3-6H,14H2,1-2H3,(H,15,16,17). The van der Waals surface area contributed by atoms with Crippen LogP contribution in [0.2, 0.25) is 5.02 Å². The highest BCUT2D eigenvalue weighted by Crippen LogP contribution is 2.28. The smallest absolute Gasteiger partial charge is 0.321 e. The highest BCUT2D eigenvalue weighted by molar-refractivity contribution is 6.33. The van der Waals surface area contributed by atoms with Crippen LogP contribution < -0.4 is 20.5 Å². The van der Waals surface area contributed by atoms with Gasteiger partial charge in [0.25, 0.3) is 0 Å². The molecule has 100 valence electrons. The summed E-state index contributed by atoms with van der Waals surface area (Å²) in [6.07, 6.45) is 0. The van der Waals surface area contributed by atoms with Crippen molar-refractivity contribution in [1.29, 1.82) is 0 Å². The molecule has 2 rings (SSSR count). The van der Waals surface area contributed by atoms with Crippen molar-refractivity contribution in [2.24, 2.45) is 0 Å². The van der Waals surface area contributed by atoms with Gasteiger partial charge in [-0.15, -0.1) is 0 Å². The number of nitrogen functional groups attached to an aromatic ring is 1. The number of nitrogens with zero attached hydrogens (tertiary/aromatic N) is 2. The molecule has 6 nitrogen and oxygen atoms in total. The van der Waals surface area contributed by atoms with Gasteiger partial charge in [0.1, 0.15) is 5.82 Å². The molecule has 0 bridgehead atoms. The first kappa shape index (κ1) is 13.2. The largest absolute Gasteiger partial charge is 0.481 e. The van der Waals surface area contributed by atoms with E-state index in [0.29, 0.717) is 28.1 Å². The van der Waals surface area contributed by atoms with E-state index >= 15 is 0 Å². The van der Waals surface area contributed by atoms with Crippen LogP contribution in [0.15, 0.2) is 24.3 Å². The van der Waals surface area contributed by atoms with Gasteiger partial charge in [0.15, 0.2) is 0 Å². The molecule has 7 heteroatoms. The number of nitrogens with two attached hydrogens (primary N) is 1. The van der Waals surface area contributed by atoms with Crippen LogP contribution in [0.1, 0.15) is 0 Å². The molecule has 0 amide bonds. The van der Waals surface area contributed by atoms with Crippen molar-refractivity contribution in [3.63, 3.8) is 0 Å². The molecule has 3 N–H and O–H groups in total. The van der Waals surface area contributed by atoms with E-state index in [1.54, 1.807) is 24.3 Å². The third kappa shape index (κ3) is 3.17. The number of ether oxygens (including phenoxy) is 2. The Labute approximate surface area is 115 Å². The van der Waals surface area contributed by atoms with E-state index in [0.717, 1.165) is 0 Å². The zero-order chi connectivity index (χ0) is 13.8. The molecule has 19 heavy (non-hydrogen) atoms. The predicted molar refractivity (Wildman–Crippen MR) is 74.3 cm³/mol. The summed E-state index contributed by atoms with van der Waals surface area (Å²) >= 11 is 6.08. The Bertz CT molecular complexity index is 570. The van der Waals surface area contributed by atoms with Gasteiger partial charge < -0.3 is 20.5 Å². The molecule has 0 radical (unpaired) electrons. The van der Waals surface area contributed by atoms with Gasteiger partial charge in [0.2, 0.25) is 5.88 Å². The molecular weight excluding hydrogens is 268 g/mol. The lowest BCUT2D eigenvalue weighted by molar-refractivity contribution is 0.353. The number of nitrogens with one attached hydrogen (secondary N) is 1. The molecule has 0 aliphatic heterocycles. The van der Waals surface area contributed by atoms with Crippen LogP contribution >= 0.6 is 11.6 Å². The Hall–Kier alpha value is -2.21. The van der Waals surface area contributed by atoms with Gasteiger partial charge in [-0.25, -0.2) is 0 Å². The summed E-state index contributed by atoms with van der Waals surface area (Å²) in [5.74, 6) is 0.899. The maximum absolute atomic E-state index is 6.08. The van der Waals surface area contributed by atoms with Crippen LogP contribution in [-0.2, 0) is 0 Å². The Morgan fingerprint density at radius 3 is 2.58 bits per heavy atom. The van der Waals surface area contributed by atoms with Gasteiger partial charge >= 0.3 is 6.01 Å². The fraction of sp³-hybridized carbons (Fsp3) is 0.167. The molecule has 0 aliphatic carbocycles. The number of aromatic nitrogens is 2. The molecule has 1 heterocycles. The molecule has 0 unspecified atom stereocenters. The van der Waals surface area contributed by atoms with Crippen molar-refractivity contribution in [2.75, 3.05) is 25.3 Å². The van der Waals surface area contributed by atoms with Gasteiger partial charge in [-0.2, -0.15) is 9.97 Å². The topological polar surface area (TPSA) is 82.3 Å². The molecule has 0 fully saturated rings. The van der Waals surface area contributed by atoms with Gasteiger partial charge in [0, 0.05) is 11.8 Å². The van der Waals surface area contributed by atoms with Gasteiger partial charge in [-0.05, 0) is 18.2 Å². The number of hydrogen-bond acceptors (Lipinski definition) is 6. The molecule has 0 spiro atoms. The number of benzene rings is 1. The van der Waals surface area contributed by atoms with Crippen molar-refractivity contribution in [3.05, 3.63) is 29.3 Å². The van der Waals surface area contributed by atoms with Crippen LogP contribution in [0.5, 0.6) is 11.9 Å². The maximum atomic E-state index is 6.08. The van der Waals surface area contributed by atoms with Crippen LogP contribution in [0, 0.1) is 0 Å². The number of rotatable bonds is 4. The molecule has 0 saturated carbocycles. The zero-order valence-corrected chi connectivity index (χ0v) is 11.2. The van der Waals surface area contributed by atoms with Gasteiger partial charge in [0.05, 0.1) is 24.9 Å². The minimum atomic E-state index is 0.202. The summed E-state index contributed by atoms with van der Waals surface area (Å²) in [6, 6.07) is 6.99. The van der Waals surface area contributed by atoms with Crippen molar-refractivity contribution >= 4 is 28.8 Å². The van der Waals surface area contributed by atoms with Crippen molar-refractivity contribution in [1.82, 2.24) is 9.97 Å². The van der Waals surface area contributed by atoms with Gasteiger partial charge in [-0.1, -0.05) is 11.6 Å². The summed E-state index contributed by atoms with van der Waals surface area (Å²) in [7, 11) is 3.00. The molecule has 2 aromatic rings. The molecule has 0 aliphatic rings. The lowest BCUT2D eigenvalue weighted by atomic mass is 10.3. The minimum Gasteiger partial charge on any atom is -0.481 e. The number of anilines is 3. The third-order valence-electron chi connectivity index (χ3n) is 2.33. The molecular formula is C12H13ClN4O2. The monoisotopic (exact) mass is 280 g/mol. The number of halogens is 1. The van der Waals surface area contributed by atoms with E-state index in [4.69, 9.17) is 26.8 Å². The second kappa shape index (κ2) is 5.62. The van der Waals surface area contributed by atoms with E-state index in [1.165, 1.54) is 14.2 Å². The third-order valence-corrected chi connectivity index (χ3v) is 2.64. The summed E-state index contributed by atoms with van der Waals surface area (Å²) in [6.45, 7) is 0. The normalized spacial score (nSPS) is 10.1. The average Bonchev–Trinajstić information content (AvgIpc) is 2.41. The predicted octanol–water partition coefficient (Wildman–Crippen LogP) is 2.47. The molecule has 0 saturated heterocycles. The van der Waals surface area contributed by atoms with Crippen molar-refractivity contribution in [3.8, 4) is 11.9 Å². The number of methoxy groups -OCH3 is 2. The summed E-state index contributed by atoms with van der Waals surface area (Å²) in [5, 5.41) is 3.55. The van der Waals surface area contributed by atoms with E-state index in [2.05, 4.69) is 15.3 Å². The maximum Gasteiger partial charge on any atom is 0.321 e. The average molecular weight is 281 g/mol. The first-order valence-corrected chi connectivity index (χ1v) is 5.79. The second-order valence-corrected chi connectivity index (χ2v) is 4.05. The van der Waals surface area contributed by atoms with Crippen molar-refractivity contribution < 1.29 is 9.47 Å². The zero-order valence-electron chi connectivity index (χ0n) is 10.5. The van der Waals surface area contributed by atoms with E-state index in [-0.39, 0.29) is 6.01 Å². The molecule has 0 atom stereocenters. The van der Waals surface area contributed by atoms with E-state index in [1.807, 2.05) is 0 Å². The Morgan fingerprint density at radius 1 is 1.16 bits per heavy atom. The van der Waals surface area contributed by atoms with Crippen molar-refractivity contribution in [2.45, 2.75) is 0 Å². The van der Waals surface area contributed by atoms with Crippen LogP contribution in [0.3, 0.4) is 0 Å². The number of hydrogen-bond donors (Lipinski definition) is 2. The van der Waals surface area contributed by atoms with Gasteiger partial charge in [-0.3, -0.25) is 0 Å². The SMILES string of the molecule is COc1cc(Nc2ccc(N)cc2Cl)nc(OC)n1. The Balaban J connectivity index is 2.31. The molecule has 1 aromatic heterocycles. The fourth-order valence-corrected chi connectivity index (χ4v) is 1.67. The highest BCUT2D eigenvalue weighted by atomic mass is 35.5. The minimum absolute atomic E-state index is 0.202. The van der Waals surface area contributed by atoms with Crippen LogP contribution in [-0.4, -0.2) is 24.2 Å². The van der Waals surface area contributed by atoms with E-state index < -0.39 is 0 Å². The second-order valence-electron chi connectivity index (χ2n) is 3.65. The first-order valence-electron chi connectivity index (χ1n) is 5.41. The Morgan fingerprint density at radius 2 is 1.95 bits per heavy atom.